The second-order valence-corrected chi connectivity index (χ2v) is 2.91. The molecule has 0 radical (unpaired) electrons. The summed E-state index contributed by atoms with van der Waals surface area (Å²) in [5.41, 5.74) is 2.27. The largest absolute Gasteiger partial charge is 0.478 e. The Bertz CT molecular complexity index is 376. The highest BCUT2D eigenvalue weighted by Crippen LogP contribution is 2.08. The number of hydrogen-bond donors (Lipinski definition) is 1. The maximum atomic E-state index is 10.2. The van der Waals surface area contributed by atoms with Gasteiger partial charge in [0.25, 0.3) is 0 Å². The summed E-state index contributed by atoms with van der Waals surface area (Å²) < 4.78 is 0. The molecule has 0 aliphatic heterocycles. The summed E-state index contributed by atoms with van der Waals surface area (Å²) in [6, 6.07) is 7.92. The lowest BCUT2D eigenvalue weighted by Crippen LogP contribution is -1.84. The molecule has 0 saturated carbocycles. The van der Waals surface area contributed by atoms with Crippen LogP contribution in [0.4, 0.5) is 0 Å². The maximum absolute atomic E-state index is 10.2. The molecule has 2 nitrogen and oxygen atoms in total. The molecule has 0 amide bonds. The number of rotatable bonds is 3. The summed E-state index contributed by atoms with van der Waals surface area (Å²) in [4.78, 5) is 10.2. The Labute approximate surface area is 83.2 Å². The molecule has 0 heterocycles. The molecule has 0 aliphatic carbocycles. The van der Waals surface area contributed by atoms with Crippen molar-refractivity contribution in [2.24, 2.45) is 0 Å². The topological polar surface area (TPSA) is 37.3 Å². The van der Waals surface area contributed by atoms with Crippen molar-refractivity contribution in [1.82, 2.24) is 0 Å². The van der Waals surface area contributed by atoms with Crippen molar-refractivity contribution in [2.45, 2.75) is 6.92 Å². The summed E-state index contributed by atoms with van der Waals surface area (Å²) in [5.74, 6) is -0.931. The minimum absolute atomic E-state index is 0.931. The van der Waals surface area contributed by atoms with Crippen molar-refractivity contribution in [2.75, 3.05) is 0 Å². The van der Waals surface area contributed by atoms with Crippen LogP contribution in [0.15, 0.2) is 42.5 Å². The van der Waals surface area contributed by atoms with Crippen LogP contribution in [-0.4, -0.2) is 11.1 Å². The van der Waals surface area contributed by atoms with Gasteiger partial charge in [0.05, 0.1) is 0 Å². The fraction of sp³-hybridized carbons (Fsp3) is 0.0833. The van der Waals surface area contributed by atoms with Crippen molar-refractivity contribution in [3.05, 3.63) is 53.6 Å². The van der Waals surface area contributed by atoms with E-state index in [4.69, 9.17) is 5.11 Å². The SMILES string of the molecule is Cc1ccccc1C=CC=CC(=O)O. The minimum atomic E-state index is -0.931. The average molecular weight is 188 g/mol. The van der Waals surface area contributed by atoms with Gasteiger partial charge in [-0.05, 0) is 18.1 Å². The molecule has 2 heteroatoms. The number of hydrogen-bond acceptors (Lipinski definition) is 1. The molecule has 1 N–H and O–H groups in total. The van der Waals surface area contributed by atoms with E-state index in [1.54, 1.807) is 6.08 Å². The van der Waals surface area contributed by atoms with Crippen LogP contribution in [0.1, 0.15) is 11.1 Å². The Morgan fingerprint density at radius 1 is 1.29 bits per heavy atom. The van der Waals surface area contributed by atoms with E-state index in [9.17, 15) is 4.79 Å². The zero-order valence-electron chi connectivity index (χ0n) is 7.97. The predicted molar refractivity (Wildman–Crippen MR) is 57.0 cm³/mol. The number of benzene rings is 1. The fourth-order valence-electron chi connectivity index (χ4n) is 1.07. The van der Waals surface area contributed by atoms with Gasteiger partial charge in [-0.15, -0.1) is 0 Å². The van der Waals surface area contributed by atoms with E-state index in [0.717, 1.165) is 11.6 Å². The molecular formula is C12H12O2. The normalized spacial score (nSPS) is 11.2. The molecular weight excluding hydrogens is 176 g/mol. The van der Waals surface area contributed by atoms with Gasteiger partial charge in [-0.3, -0.25) is 0 Å². The highest BCUT2D eigenvalue weighted by molar-refractivity contribution is 5.80. The molecule has 0 unspecified atom stereocenters. The van der Waals surface area contributed by atoms with Gasteiger partial charge in [0.1, 0.15) is 0 Å². The lowest BCUT2D eigenvalue weighted by molar-refractivity contribution is -0.131. The summed E-state index contributed by atoms with van der Waals surface area (Å²) in [6.07, 6.45) is 6.22. The Hall–Kier alpha value is -1.83. The highest BCUT2D eigenvalue weighted by Gasteiger charge is 1.89. The number of carboxylic acids is 1. The van der Waals surface area contributed by atoms with E-state index >= 15 is 0 Å². The van der Waals surface area contributed by atoms with Crippen molar-refractivity contribution in [1.29, 1.82) is 0 Å². The van der Waals surface area contributed by atoms with Crippen LogP contribution >= 0.6 is 0 Å². The number of carboxylic acid groups (broad SMARTS) is 1. The molecule has 1 aromatic carbocycles. The van der Waals surface area contributed by atoms with E-state index in [1.807, 2.05) is 37.3 Å². The fourth-order valence-corrected chi connectivity index (χ4v) is 1.07. The van der Waals surface area contributed by atoms with Crippen LogP contribution in [0.2, 0.25) is 0 Å². The van der Waals surface area contributed by atoms with Gasteiger partial charge in [-0.25, -0.2) is 4.79 Å². The molecule has 1 aromatic rings. The standard InChI is InChI=1S/C12H12O2/c1-10-6-2-3-7-11(10)8-4-5-9-12(13)14/h2-9H,1H3,(H,13,14). The third-order valence-corrected chi connectivity index (χ3v) is 1.81. The maximum Gasteiger partial charge on any atom is 0.328 e. The highest BCUT2D eigenvalue weighted by atomic mass is 16.4. The molecule has 1 rings (SSSR count). The zero-order chi connectivity index (χ0) is 10.4. The summed E-state index contributed by atoms with van der Waals surface area (Å²) in [6.45, 7) is 2.01. The van der Waals surface area contributed by atoms with Crippen LogP contribution in [0.25, 0.3) is 6.08 Å². The summed E-state index contributed by atoms with van der Waals surface area (Å²) >= 11 is 0. The summed E-state index contributed by atoms with van der Waals surface area (Å²) in [7, 11) is 0. The van der Waals surface area contributed by atoms with Gasteiger partial charge >= 0.3 is 5.97 Å². The van der Waals surface area contributed by atoms with E-state index in [2.05, 4.69) is 0 Å². The number of aliphatic carboxylic acids is 1. The van der Waals surface area contributed by atoms with Crippen LogP contribution in [0.3, 0.4) is 0 Å². The van der Waals surface area contributed by atoms with Gasteiger partial charge in [0.2, 0.25) is 0 Å². The third-order valence-electron chi connectivity index (χ3n) is 1.81. The second kappa shape index (κ2) is 5.02. The molecule has 72 valence electrons. The van der Waals surface area contributed by atoms with Gasteiger partial charge in [0.15, 0.2) is 0 Å². The number of carbonyl (C=O) groups is 1. The molecule has 0 bridgehead atoms. The smallest absolute Gasteiger partial charge is 0.328 e. The molecule has 0 saturated heterocycles. The first-order valence-corrected chi connectivity index (χ1v) is 4.33. The Morgan fingerprint density at radius 2 is 2.00 bits per heavy atom. The van der Waals surface area contributed by atoms with E-state index in [-0.39, 0.29) is 0 Å². The number of allylic oxidation sites excluding steroid dienone is 2. The lowest BCUT2D eigenvalue weighted by Gasteiger charge is -1.96. The zero-order valence-corrected chi connectivity index (χ0v) is 7.97. The third kappa shape index (κ3) is 3.27. The van der Waals surface area contributed by atoms with E-state index < -0.39 is 5.97 Å². The van der Waals surface area contributed by atoms with Crippen LogP contribution in [0, 0.1) is 6.92 Å². The molecule has 0 fully saturated rings. The monoisotopic (exact) mass is 188 g/mol. The second-order valence-electron chi connectivity index (χ2n) is 2.91. The molecule has 14 heavy (non-hydrogen) atoms. The predicted octanol–water partition coefficient (Wildman–Crippen LogP) is 2.65. The summed E-state index contributed by atoms with van der Waals surface area (Å²) in [5, 5.41) is 8.34. The quantitative estimate of drug-likeness (QED) is 0.584. The first-order valence-electron chi connectivity index (χ1n) is 4.33. The molecule has 0 atom stereocenters. The Morgan fingerprint density at radius 3 is 2.64 bits per heavy atom. The van der Waals surface area contributed by atoms with Gasteiger partial charge in [0, 0.05) is 6.08 Å². The van der Waals surface area contributed by atoms with Gasteiger partial charge < -0.3 is 5.11 Å². The average Bonchev–Trinajstić information content (AvgIpc) is 2.15. The van der Waals surface area contributed by atoms with Crippen molar-refractivity contribution >= 4 is 12.0 Å². The van der Waals surface area contributed by atoms with Crippen LogP contribution in [0.5, 0.6) is 0 Å². The van der Waals surface area contributed by atoms with E-state index in [1.165, 1.54) is 11.6 Å². The first-order chi connectivity index (χ1) is 6.70. The Kier molecular flexibility index (Phi) is 3.68. The van der Waals surface area contributed by atoms with Crippen LogP contribution < -0.4 is 0 Å². The Balaban J connectivity index is 2.69. The first kappa shape index (κ1) is 10.3. The lowest BCUT2D eigenvalue weighted by atomic mass is 10.1. The van der Waals surface area contributed by atoms with Crippen LogP contribution in [-0.2, 0) is 4.79 Å². The van der Waals surface area contributed by atoms with Crippen molar-refractivity contribution in [3.8, 4) is 0 Å². The van der Waals surface area contributed by atoms with Gasteiger partial charge in [-0.2, -0.15) is 0 Å². The van der Waals surface area contributed by atoms with Crippen molar-refractivity contribution < 1.29 is 9.90 Å². The van der Waals surface area contributed by atoms with Gasteiger partial charge in [-0.1, -0.05) is 42.5 Å². The van der Waals surface area contributed by atoms with Crippen molar-refractivity contribution in [3.63, 3.8) is 0 Å². The molecule has 0 aliphatic rings. The van der Waals surface area contributed by atoms with E-state index in [0.29, 0.717) is 0 Å². The molecule has 0 spiro atoms. The number of aryl methyl sites for hydroxylation is 1. The molecule has 0 aromatic heterocycles. The minimum Gasteiger partial charge on any atom is -0.478 e.